The molecule has 0 spiro atoms. The van der Waals surface area contributed by atoms with Crippen LogP contribution in [0.25, 0.3) is 0 Å². The van der Waals surface area contributed by atoms with Gasteiger partial charge in [0, 0.05) is 19.2 Å². The van der Waals surface area contributed by atoms with Gasteiger partial charge in [0.2, 0.25) is 0 Å². The maximum Gasteiger partial charge on any atom is 0.190 e. The van der Waals surface area contributed by atoms with Gasteiger partial charge in [-0.05, 0) is 38.5 Å². The Kier molecular flexibility index (Phi) is 5.69. The summed E-state index contributed by atoms with van der Waals surface area (Å²) in [5.74, 6) is -1.74. The third kappa shape index (κ3) is 5.53. The van der Waals surface area contributed by atoms with E-state index in [1.807, 2.05) is 20.8 Å². The Labute approximate surface area is 112 Å². The van der Waals surface area contributed by atoms with E-state index in [0.29, 0.717) is 12.1 Å². The number of halogens is 2. The van der Waals surface area contributed by atoms with Gasteiger partial charge in [0.25, 0.3) is 0 Å². The summed E-state index contributed by atoms with van der Waals surface area (Å²) < 4.78 is 37.2. The number of hydrogen-bond donors (Lipinski definition) is 1. The summed E-state index contributed by atoms with van der Waals surface area (Å²) in [4.78, 5) is 0. The molecular weight excluding hydrogens is 252 g/mol. The summed E-state index contributed by atoms with van der Waals surface area (Å²) in [5, 5.41) is 3.17. The summed E-state index contributed by atoms with van der Waals surface area (Å²) in [5.41, 5.74) is 0.435. The highest BCUT2D eigenvalue weighted by Gasteiger charge is 2.14. The van der Waals surface area contributed by atoms with Crippen LogP contribution in [0, 0.1) is 11.6 Å². The van der Waals surface area contributed by atoms with Gasteiger partial charge in [-0.15, -0.1) is 0 Å². The Morgan fingerprint density at radius 2 is 1.68 bits per heavy atom. The van der Waals surface area contributed by atoms with E-state index in [0.717, 1.165) is 0 Å². The van der Waals surface area contributed by atoms with Crippen LogP contribution < -0.4 is 10.1 Å². The summed E-state index contributed by atoms with van der Waals surface area (Å²) in [6, 6.07) is 2.56. The van der Waals surface area contributed by atoms with Crippen molar-refractivity contribution in [3.05, 3.63) is 29.3 Å². The Morgan fingerprint density at radius 1 is 1.11 bits per heavy atom. The lowest BCUT2D eigenvalue weighted by molar-refractivity contribution is 0.141. The van der Waals surface area contributed by atoms with Gasteiger partial charge in [-0.2, -0.15) is 0 Å². The van der Waals surface area contributed by atoms with Gasteiger partial charge in [-0.25, -0.2) is 8.78 Å². The second kappa shape index (κ2) is 6.82. The number of benzene rings is 1. The summed E-state index contributed by atoms with van der Waals surface area (Å²) in [6.07, 6.45) is 0. The van der Waals surface area contributed by atoms with E-state index in [-0.39, 0.29) is 24.5 Å². The van der Waals surface area contributed by atoms with E-state index in [1.165, 1.54) is 19.2 Å². The zero-order valence-corrected chi connectivity index (χ0v) is 11.8. The van der Waals surface area contributed by atoms with Gasteiger partial charge in [0.15, 0.2) is 17.4 Å². The van der Waals surface area contributed by atoms with E-state index in [1.54, 1.807) is 0 Å². The Balaban J connectivity index is 2.73. The van der Waals surface area contributed by atoms with Crippen molar-refractivity contribution in [2.45, 2.75) is 32.9 Å². The molecule has 0 aromatic heterocycles. The van der Waals surface area contributed by atoms with Gasteiger partial charge in [-0.3, -0.25) is 0 Å². The van der Waals surface area contributed by atoms with Crippen LogP contribution in [-0.2, 0) is 11.3 Å². The molecule has 0 saturated carbocycles. The molecule has 19 heavy (non-hydrogen) atoms. The van der Waals surface area contributed by atoms with E-state index >= 15 is 0 Å². The van der Waals surface area contributed by atoms with Crippen molar-refractivity contribution in [3.8, 4) is 5.75 Å². The molecule has 0 aliphatic carbocycles. The molecule has 0 aliphatic rings. The topological polar surface area (TPSA) is 30.5 Å². The van der Waals surface area contributed by atoms with E-state index < -0.39 is 11.6 Å². The number of ether oxygens (including phenoxy) is 2. The first-order valence-corrected chi connectivity index (χ1v) is 6.18. The molecule has 1 aromatic rings. The molecule has 1 N–H and O–H groups in total. The largest absolute Gasteiger partial charge is 0.485 e. The molecule has 0 aliphatic heterocycles. The smallest absolute Gasteiger partial charge is 0.190 e. The first-order chi connectivity index (χ1) is 8.83. The van der Waals surface area contributed by atoms with Crippen molar-refractivity contribution in [1.29, 1.82) is 0 Å². The summed E-state index contributed by atoms with van der Waals surface area (Å²) in [6.45, 7) is 6.76. The van der Waals surface area contributed by atoms with Gasteiger partial charge < -0.3 is 14.8 Å². The maximum absolute atomic E-state index is 13.7. The standard InChI is InChI=1S/C14H21F2NO2/c1-14(2,3)17-9-10-7-11(15)13(12(16)8-10)19-6-5-18-4/h7-8,17H,5-6,9H2,1-4H3. The fraction of sp³-hybridized carbons (Fsp3) is 0.571. The number of nitrogens with one attached hydrogen (secondary N) is 1. The monoisotopic (exact) mass is 273 g/mol. The minimum atomic E-state index is -0.693. The number of methoxy groups -OCH3 is 1. The summed E-state index contributed by atoms with van der Waals surface area (Å²) >= 11 is 0. The van der Waals surface area contributed by atoms with Crippen LogP contribution in [-0.4, -0.2) is 25.9 Å². The molecule has 0 fully saturated rings. The first-order valence-electron chi connectivity index (χ1n) is 6.18. The Morgan fingerprint density at radius 3 is 2.16 bits per heavy atom. The fourth-order valence-electron chi connectivity index (χ4n) is 1.45. The van der Waals surface area contributed by atoms with Crippen molar-refractivity contribution in [2.24, 2.45) is 0 Å². The molecule has 0 amide bonds. The normalized spacial score (nSPS) is 11.7. The lowest BCUT2D eigenvalue weighted by atomic mass is 10.1. The van der Waals surface area contributed by atoms with Gasteiger partial charge >= 0.3 is 0 Å². The van der Waals surface area contributed by atoms with Crippen LogP contribution in [0.15, 0.2) is 12.1 Å². The molecule has 1 rings (SSSR count). The van der Waals surface area contributed by atoms with Crippen LogP contribution in [0.5, 0.6) is 5.75 Å². The van der Waals surface area contributed by atoms with Crippen molar-refractivity contribution in [3.63, 3.8) is 0 Å². The zero-order valence-electron chi connectivity index (χ0n) is 11.8. The predicted octanol–water partition coefficient (Wildman–Crippen LogP) is 2.88. The minimum absolute atomic E-state index is 0.111. The van der Waals surface area contributed by atoms with Crippen LogP contribution in [0.2, 0.25) is 0 Å². The van der Waals surface area contributed by atoms with Crippen molar-refractivity contribution in [2.75, 3.05) is 20.3 Å². The molecule has 5 heteroatoms. The molecule has 0 unspecified atom stereocenters. The number of rotatable bonds is 6. The average Bonchev–Trinajstić information content (AvgIpc) is 2.29. The van der Waals surface area contributed by atoms with Gasteiger partial charge in [0.1, 0.15) is 6.61 Å². The van der Waals surface area contributed by atoms with E-state index in [2.05, 4.69) is 5.32 Å². The zero-order chi connectivity index (χ0) is 14.5. The minimum Gasteiger partial charge on any atom is -0.485 e. The van der Waals surface area contributed by atoms with Gasteiger partial charge in [-0.1, -0.05) is 0 Å². The molecule has 3 nitrogen and oxygen atoms in total. The number of hydrogen-bond acceptors (Lipinski definition) is 3. The predicted molar refractivity (Wildman–Crippen MR) is 70.3 cm³/mol. The lowest BCUT2D eigenvalue weighted by Gasteiger charge is -2.20. The molecule has 0 bridgehead atoms. The van der Waals surface area contributed by atoms with Crippen LogP contribution in [0.1, 0.15) is 26.3 Å². The second-order valence-corrected chi connectivity index (χ2v) is 5.33. The van der Waals surface area contributed by atoms with Crippen molar-refractivity contribution in [1.82, 2.24) is 5.32 Å². The molecule has 0 atom stereocenters. The third-order valence-electron chi connectivity index (χ3n) is 2.41. The van der Waals surface area contributed by atoms with E-state index in [9.17, 15) is 8.78 Å². The van der Waals surface area contributed by atoms with Gasteiger partial charge in [0.05, 0.1) is 6.61 Å². The molecule has 0 radical (unpaired) electrons. The van der Waals surface area contributed by atoms with Crippen LogP contribution in [0.4, 0.5) is 8.78 Å². The van der Waals surface area contributed by atoms with Crippen molar-refractivity contribution >= 4 is 0 Å². The molecule has 0 saturated heterocycles. The van der Waals surface area contributed by atoms with Crippen molar-refractivity contribution < 1.29 is 18.3 Å². The summed E-state index contributed by atoms with van der Waals surface area (Å²) in [7, 11) is 1.50. The average molecular weight is 273 g/mol. The van der Waals surface area contributed by atoms with E-state index in [4.69, 9.17) is 9.47 Å². The highest BCUT2D eigenvalue weighted by atomic mass is 19.1. The molecular formula is C14H21F2NO2. The SMILES string of the molecule is COCCOc1c(F)cc(CNC(C)(C)C)cc1F. The quantitative estimate of drug-likeness (QED) is 0.808. The molecule has 1 aromatic carbocycles. The molecule has 0 heterocycles. The van der Waals surface area contributed by atoms with Crippen LogP contribution in [0.3, 0.4) is 0 Å². The Bertz CT molecular complexity index is 393. The van der Waals surface area contributed by atoms with Crippen LogP contribution >= 0.6 is 0 Å². The maximum atomic E-state index is 13.7. The third-order valence-corrected chi connectivity index (χ3v) is 2.41. The molecule has 108 valence electrons. The lowest BCUT2D eigenvalue weighted by Crippen LogP contribution is -2.35. The highest BCUT2D eigenvalue weighted by Crippen LogP contribution is 2.23. The first kappa shape index (κ1) is 15.9. The second-order valence-electron chi connectivity index (χ2n) is 5.33. The highest BCUT2D eigenvalue weighted by molar-refractivity contribution is 5.31. The fourth-order valence-corrected chi connectivity index (χ4v) is 1.45. The Hall–Kier alpha value is -1.20.